The van der Waals surface area contributed by atoms with Gasteiger partial charge in [-0.15, -0.1) is 0 Å². The van der Waals surface area contributed by atoms with Gasteiger partial charge in [0.1, 0.15) is 0 Å². The number of hydrogen-bond donors (Lipinski definition) is 2. The fourth-order valence-electron chi connectivity index (χ4n) is 1.88. The van der Waals surface area contributed by atoms with Crippen molar-refractivity contribution in [2.24, 2.45) is 0 Å². The zero-order valence-electron chi connectivity index (χ0n) is 9.28. The number of nitrogens with zero attached hydrogens (tertiary/aromatic N) is 1. The first-order valence-corrected chi connectivity index (χ1v) is 5.57. The summed E-state index contributed by atoms with van der Waals surface area (Å²) >= 11 is 0. The number of carbonyl (C=O) groups is 1. The zero-order chi connectivity index (χ0) is 11.4. The van der Waals surface area contributed by atoms with Crippen LogP contribution >= 0.6 is 0 Å². The summed E-state index contributed by atoms with van der Waals surface area (Å²) in [6, 6.07) is 7.82. The van der Waals surface area contributed by atoms with Crippen LogP contribution in [0.3, 0.4) is 0 Å². The molecule has 0 saturated carbocycles. The fourth-order valence-corrected chi connectivity index (χ4v) is 1.88. The first kappa shape index (κ1) is 11.0. The van der Waals surface area contributed by atoms with Gasteiger partial charge in [0.25, 0.3) is 0 Å². The van der Waals surface area contributed by atoms with Crippen molar-refractivity contribution in [1.82, 2.24) is 10.2 Å². The average molecular weight is 219 g/mol. The van der Waals surface area contributed by atoms with Crippen LogP contribution in [0.25, 0.3) is 0 Å². The van der Waals surface area contributed by atoms with E-state index in [1.54, 1.807) is 0 Å². The predicted molar refractivity (Wildman–Crippen MR) is 63.8 cm³/mol. The number of anilines is 1. The smallest absolute Gasteiger partial charge is 0.234 e. The molecule has 0 atom stereocenters. The average Bonchev–Trinajstić information content (AvgIpc) is 2.46. The van der Waals surface area contributed by atoms with Crippen molar-refractivity contribution in [2.75, 3.05) is 25.4 Å². The van der Waals surface area contributed by atoms with Gasteiger partial charge in [-0.1, -0.05) is 12.1 Å². The summed E-state index contributed by atoms with van der Waals surface area (Å²) in [7, 11) is 0. The second-order valence-corrected chi connectivity index (χ2v) is 4.16. The number of carbonyl (C=O) groups excluding carboxylic acids is 1. The fraction of sp³-hybridized carbons (Fsp3) is 0.417. The van der Waals surface area contributed by atoms with E-state index in [1.807, 2.05) is 24.3 Å². The number of benzene rings is 1. The number of rotatable bonds is 2. The standard InChI is InChI=1S/C12H17N3O/c13-11-4-2-10(3-5-11)8-15-7-1-6-14-12(16)9-15/h2-5H,1,6-9,13H2,(H,14,16). The number of nitrogens with two attached hydrogens (primary N) is 1. The minimum absolute atomic E-state index is 0.118. The maximum absolute atomic E-state index is 11.4. The topological polar surface area (TPSA) is 58.4 Å². The SMILES string of the molecule is Nc1ccc(CN2CCCNC(=O)C2)cc1. The quantitative estimate of drug-likeness (QED) is 0.716. The molecule has 1 aliphatic heterocycles. The summed E-state index contributed by atoms with van der Waals surface area (Å²) in [6.07, 6.45) is 1.01. The Bertz CT molecular complexity index is 361. The van der Waals surface area contributed by atoms with E-state index in [2.05, 4.69) is 10.2 Å². The third-order valence-electron chi connectivity index (χ3n) is 2.73. The third kappa shape index (κ3) is 2.97. The minimum atomic E-state index is 0.118. The van der Waals surface area contributed by atoms with E-state index < -0.39 is 0 Å². The van der Waals surface area contributed by atoms with Crippen LogP contribution in [0.5, 0.6) is 0 Å². The predicted octanol–water partition coefficient (Wildman–Crippen LogP) is 0.591. The van der Waals surface area contributed by atoms with E-state index in [-0.39, 0.29) is 5.91 Å². The molecule has 1 aliphatic rings. The van der Waals surface area contributed by atoms with Gasteiger partial charge in [0.15, 0.2) is 0 Å². The van der Waals surface area contributed by atoms with E-state index in [0.717, 1.165) is 31.7 Å². The summed E-state index contributed by atoms with van der Waals surface area (Å²) in [5.74, 6) is 0.118. The summed E-state index contributed by atoms with van der Waals surface area (Å²) in [5, 5.41) is 2.87. The van der Waals surface area contributed by atoms with Crippen molar-refractivity contribution < 1.29 is 4.79 Å². The lowest BCUT2D eigenvalue weighted by atomic mass is 10.2. The Morgan fingerprint density at radius 2 is 2.06 bits per heavy atom. The monoisotopic (exact) mass is 219 g/mol. The lowest BCUT2D eigenvalue weighted by molar-refractivity contribution is -0.121. The first-order valence-electron chi connectivity index (χ1n) is 5.57. The van der Waals surface area contributed by atoms with Gasteiger partial charge in [0.2, 0.25) is 5.91 Å². The molecule has 4 heteroatoms. The summed E-state index contributed by atoms with van der Waals surface area (Å²) in [5.41, 5.74) is 7.60. The van der Waals surface area contributed by atoms with Gasteiger partial charge >= 0.3 is 0 Å². The number of amides is 1. The molecule has 1 fully saturated rings. The molecule has 86 valence electrons. The summed E-state index contributed by atoms with van der Waals surface area (Å²) in [4.78, 5) is 13.5. The Hall–Kier alpha value is -1.55. The van der Waals surface area contributed by atoms with Crippen molar-refractivity contribution in [1.29, 1.82) is 0 Å². The van der Waals surface area contributed by atoms with Crippen molar-refractivity contribution in [3.8, 4) is 0 Å². The number of nitrogens with one attached hydrogen (secondary N) is 1. The van der Waals surface area contributed by atoms with E-state index in [0.29, 0.717) is 6.54 Å². The molecule has 0 unspecified atom stereocenters. The molecule has 1 saturated heterocycles. The molecule has 0 aliphatic carbocycles. The summed E-state index contributed by atoms with van der Waals surface area (Å²) in [6.45, 7) is 3.05. The maximum atomic E-state index is 11.4. The molecule has 1 aromatic carbocycles. The number of hydrogen-bond acceptors (Lipinski definition) is 3. The van der Waals surface area contributed by atoms with Crippen LogP contribution < -0.4 is 11.1 Å². The Morgan fingerprint density at radius 1 is 1.31 bits per heavy atom. The molecule has 0 bridgehead atoms. The van der Waals surface area contributed by atoms with Gasteiger partial charge < -0.3 is 11.1 Å². The van der Waals surface area contributed by atoms with Gasteiger partial charge in [0.05, 0.1) is 6.54 Å². The second-order valence-electron chi connectivity index (χ2n) is 4.16. The molecule has 1 amide bonds. The number of nitrogen functional groups attached to an aromatic ring is 1. The maximum Gasteiger partial charge on any atom is 0.234 e. The van der Waals surface area contributed by atoms with Crippen LogP contribution in [0.15, 0.2) is 24.3 Å². The Kier molecular flexibility index (Phi) is 3.41. The lowest BCUT2D eigenvalue weighted by Crippen LogP contribution is -2.32. The van der Waals surface area contributed by atoms with Crippen molar-refractivity contribution >= 4 is 11.6 Å². The third-order valence-corrected chi connectivity index (χ3v) is 2.73. The molecule has 4 nitrogen and oxygen atoms in total. The highest BCUT2D eigenvalue weighted by Gasteiger charge is 2.14. The van der Waals surface area contributed by atoms with Crippen LogP contribution in [0.2, 0.25) is 0 Å². The van der Waals surface area contributed by atoms with E-state index in [1.165, 1.54) is 5.56 Å². The lowest BCUT2D eigenvalue weighted by Gasteiger charge is -2.18. The highest BCUT2D eigenvalue weighted by atomic mass is 16.2. The van der Waals surface area contributed by atoms with Crippen molar-refractivity contribution in [3.63, 3.8) is 0 Å². The highest BCUT2D eigenvalue weighted by molar-refractivity contribution is 5.78. The minimum Gasteiger partial charge on any atom is -0.399 e. The molecule has 1 aromatic rings. The zero-order valence-corrected chi connectivity index (χ0v) is 9.28. The molecular formula is C12H17N3O. The molecular weight excluding hydrogens is 202 g/mol. The van der Waals surface area contributed by atoms with E-state index >= 15 is 0 Å². The van der Waals surface area contributed by atoms with Crippen LogP contribution in [-0.4, -0.2) is 30.4 Å². The van der Waals surface area contributed by atoms with Crippen LogP contribution in [0.4, 0.5) is 5.69 Å². The first-order chi connectivity index (χ1) is 7.74. The molecule has 0 spiro atoms. The van der Waals surface area contributed by atoms with Gasteiger partial charge in [0, 0.05) is 25.3 Å². The van der Waals surface area contributed by atoms with Crippen molar-refractivity contribution in [2.45, 2.75) is 13.0 Å². The Morgan fingerprint density at radius 3 is 2.81 bits per heavy atom. The Balaban J connectivity index is 1.97. The molecule has 3 N–H and O–H groups in total. The van der Waals surface area contributed by atoms with E-state index in [9.17, 15) is 4.79 Å². The Labute approximate surface area is 95.4 Å². The summed E-state index contributed by atoms with van der Waals surface area (Å²) < 4.78 is 0. The molecule has 0 radical (unpaired) electrons. The van der Waals surface area contributed by atoms with Gasteiger partial charge in [-0.2, -0.15) is 0 Å². The van der Waals surface area contributed by atoms with E-state index in [4.69, 9.17) is 5.73 Å². The van der Waals surface area contributed by atoms with Gasteiger partial charge in [-0.25, -0.2) is 0 Å². The van der Waals surface area contributed by atoms with Gasteiger partial charge in [-0.05, 0) is 24.1 Å². The van der Waals surface area contributed by atoms with Crippen LogP contribution in [0, 0.1) is 0 Å². The van der Waals surface area contributed by atoms with Gasteiger partial charge in [-0.3, -0.25) is 9.69 Å². The van der Waals surface area contributed by atoms with Crippen molar-refractivity contribution in [3.05, 3.63) is 29.8 Å². The normalized spacial score (nSPS) is 17.9. The van der Waals surface area contributed by atoms with Crippen LogP contribution in [0.1, 0.15) is 12.0 Å². The second kappa shape index (κ2) is 4.99. The van der Waals surface area contributed by atoms with Crippen LogP contribution in [-0.2, 0) is 11.3 Å². The molecule has 0 aromatic heterocycles. The molecule has 2 rings (SSSR count). The molecule has 1 heterocycles. The largest absolute Gasteiger partial charge is 0.399 e. The highest BCUT2D eigenvalue weighted by Crippen LogP contribution is 2.09. The molecule has 16 heavy (non-hydrogen) atoms.